The van der Waals surface area contributed by atoms with Crippen molar-refractivity contribution in [2.75, 3.05) is 6.61 Å². The minimum Gasteiger partial charge on any atom is -0.463 e. The van der Waals surface area contributed by atoms with Crippen LogP contribution in [-0.4, -0.2) is 39.2 Å². The smallest absolute Gasteiger partial charge is 0.311 e. The van der Waals surface area contributed by atoms with Gasteiger partial charge in [0.25, 0.3) is 0 Å². The largest absolute Gasteiger partial charge is 0.463 e. The summed E-state index contributed by atoms with van der Waals surface area (Å²) in [5.41, 5.74) is 4.76. The topological polar surface area (TPSA) is 44.8 Å². The van der Waals surface area contributed by atoms with Crippen LogP contribution in [0, 0.1) is 5.41 Å². The van der Waals surface area contributed by atoms with E-state index in [1.54, 1.807) is 0 Å². The average molecular weight is 437 g/mol. The Kier molecular flexibility index (Phi) is 10.8. The Bertz CT molecular complexity index is 615. The van der Waals surface area contributed by atoms with Crippen LogP contribution >= 0.6 is 0 Å². The van der Waals surface area contributed by atoms with Gasteiger partial charge >= 0.3 is 5.97 Å². The molecule has 1 aliphatic heterocycles. The van der Waals surface area contributed by atoms with Gasteiger partial charge in [0.1, 0.15) is 6.61 Å². The second-order valence-electron chi connectivity index (χ2n) is 9.68. The third-order valence-corrected chi connectivity index (χ3v) is 11.0. The van der Waals surface area contributed by atoms with E-state index in [1.165, 1.54) is 0 Å². The minimum atomic E-state index is -1.69. The molecule has 0 aromatic rings. The molecule has 172 valence electrons. The number of esters is 1. The van der Waals surface area contributed by atoms with E-state index in [4.69, 9.17) is 13.9 Å². The van der Waals surface area contributed by atoms with Gasteiger partial charge in [0, 0.05) is 18.9 Å². The van der Waals surface area contributed by atoms with Gasteiger partial charge in [0.05, 0.1) is 17.6 Å². The predicted molar refractivity (Wildman–Crippen MR) is 127 cm³/mol. The summed E-state index contributed by atoms with van der Waals surface area (Å²) in [6, 6.07) is 3.42. The number of carbonyl (C=O) groups excluding carboxylic acids is 1. The number of carbonyl (C=O) groups is 1. The van der Waals surface area contributed by atoms with Gasteiger partial charge in [-0.3, -0.25) is 4.79 Å². The number of rotatable bonds is 12. The van der Waals surface area contributed by atoms with Crippen LogP contribution in [0.2, 0.25) is 18.1 Å². The maximum absolute atomic E-state index is 12.0. The molecule has 1 rings (SSSR count). The van der Waals surface area contributed by atoms with Crippen LogP contribution < -0.4 is 0 Å². The first kappa shape index (κ1) is 26.9. The van der Waals surface area contributed by atoms with Gasteiger partial charge in [-0.15, -0.1) is 5.73 Å². The minimum absolute atomic E-state index is 0.00315. The molecule has 4 nitrogen and oxygen atoms in total. The maximum Gasteiger partial charge on any atom is 0.311 e. The van der Waals surface area contributed by atoms with Crippen LogP contribution in [0.3, 0.4) is 0 Å². The monoisotopic (exact) mass is 436 g/mol. The van der Waals surface area contributed by atoms with Crippen LogP contribution in [0.15, 0.2) is 30.0 Å². The van der Waals surface area contributed by atoms with Crippen molar-refractivity contribution in [3.8, 4) is 0 Å². The number of hydrogen-bond acceptors (Lipinski definition) is 4. The van der Waals surface area contributed by atoms with Gasteiger partial charge in [-0.05, 0) is 69.8 Å². The summed E-state index contributed by atoms with van der Waals surface area (Å²) in [7, 11) is -1.69. The number of hydrogen-bond donors (Lipinski definition) is 0. The lowest BCUT2D eigenvalue weighted by atomic mass is 9.97. The molecule has 5 heteroatoms. The van der Waals surface area contributed by atoms with Gasteiger partial charge in [0.2, 0.25) is 0 Å². The van der Waals surface area contributed by atoms with Gasteiger partial charge in [0.15, 0.2) is 8.32 Å². The highest BCUT2D eigenvalue weighted by Gasteiger charge is 2.34. The first-order chi connectivity index (χ1) is 14.0. The standard InChI is InChI=1S/C25H44O4Si/c1-10-19(5)16-21(29-30(11-2,12-3)13-4)14-15-23-20(6)17-22(28-23)18-27-24(26)25(7,8)9/h21-23H,1,6,11-18H2,2-5,7-9H3/t21?,22-,23+/m1/s1. The molecule has 3 atom stereocenters. The highest BCUT2D eigenvalue weighted by molar-refractivity contribution is 6.73. The van der Waals surface area contributed by atoms with E-state index >= 15 is 0 Å². The van der Waals surface area contributed by atoms with Crippen molar-refractivity contribution in [2.45, 2.75) is 111 Å². The molecule has 0 aromatic heterocycles. The van der Waals surface area contributed by atoms with E-state index in [0.717, 1.165) is 55.0 Å². The van der Waals surface area contributed by atoms with E-state index in [0.29, 0.717) is 6.61 Å². The quantitative estimate of drug-likeness (QED) is 0.150. The third-order valence-electron chi connectivity index (χ3n) is 6.25. The summed E-state index contributed by atoms with van der Waals surface area (Å²) < 4.78 is 18.4. The molecule has 0 aliphatic carbocycles. The summed E-state index contributed by atoms with van der Waals surface area (Å²) in [6.07, 6.45) is 3.48. The summed E-state index contributed by atoms with van der Waals surface area (Å²) in [4.78, 5) is 12.0. The molecule has 0 N–H and O–H groups in total. The first-order valence-corrected chi connectivity index (χ1v) is 14.1. The second kappa shape index (κ2) is 12.0. The second-order valence-corrected chi connectivity index (χ2v) is 14.4. The fourth-order valence-electron chi connectivity index (χ4n) is 3.86. The molecule has 0 bridgehead atoms. The fraction of sp³-hybridized carbons (Fsp3) is 0.760. The Morgan fingerprint density at radius 3 is 2.37 bits per heavy atom. The normalized spacial score (nSPS) is 20.7. The maximum atomic E-state index is 12.0. The molecule has 0 aromatic carbocycles. The van der Waals surface area contributed by atoms with E-state index in [1.807, 2.05) is 20.8 Å². The molecule has 0 radical (unpaired) electrons. The Hall–Kier alpha value is -1.13. The number of ether oxygens (including phenoxy) is 2. The van der Waals surface area contributed by atoms with Gasteiger partial charge in [-0.25, -0.2) is 0 Å². The predicted octanol–water partition coefficient (Wildman–Crippen LogP) is 6.58. The summed E-state index contributed by atoms with van der Waals surface area (Å²) in [5.74, 6) is -0.194. The SMILES string of the molecule is C=C=C(C)CC(CC[C@@H]1O[C@@H](COC(=O)C(C)(C)C)CC1=C)O[Si](CC)(CC)CC. The highest BCUT2D eigenvalue weighted by Crippen LogP contribution is 2.32. The van der Waals surface area contributed by atoms with Crippen LogP contribution in [0.1, 0.15) is 74.1 Å². The van der Waals surface area contributed by atoms with Crippen LogP contribution in [0.5, 0.6) is 0 Å². The fourth-order valence-corrected chi connectivity index (χ4v) is 6.77. The Morgan fingerprint density at radius 1 is 1.27 bits per heavy atom. The first-order valence-electron chi connectivity index (χ1n) is 11.5. The molecule has 1 aliphatic rings. The lowest BCUT2D eigenvalue weighted by molar-refractivity contribution is -0.156. The van der Waals surface area contributed by atoms with E-state index in [-0.39, 0.29) is 24.3 Å². The Morgan fingerprint density at radius 2 is 1.87 bits per heavy atom. The van der Waals surface area contributed by atoms with Crippen LogP contribution in [0.4, 0.5) is 0 Å². The molecule has 0 saturated carbocycles. The summed E-state index contributed by atoms with van der Waals surface area (Å²) >= 11 is 0. The lowest BCUT2D eigenvalue weighted by Crippen LogP contribution is -2.40. The van der Waals surface area contributed by atoms with Crippen molar-refractivity contribution in [1.82, 2.24) is 0 Å². The Balaban J connectivity index is 2.68. The highest BCUT2D eigenvalue weighted by atomic mass is 28.4. The van der Waals surface area contributed by atoms with Gasteiger partial charge in [-0.2, -0.15) is 0 Å². The summed E-state index contributed by atoms with van der Waals surface area (Å²) in [5, 5.41) is 0. The Labute approximate surface area is 185 Å². The van der Waals surface area contributed by atoms with Crippen molar-refractivity contribution in [3.05, 3.63) is 30.0 Å². The van der Waals surface area contributed by atoms with Gasteiger partial charge < -0.3 is 13.9 Å². The van der Waals surface area contributed by atoms with E-state index < -0.39 is 13.7 Å². The zero-order valence-corrected chi connectivity index (χ0v) is 21.4. The van der Waals surface area contributed by atoms with Crippen molar-refractivity contribution in [1.29, 1.82) is 0 Å². The van der Waals surface area contributed by atoms with Crippen molar-refractivity contribution >= 4 is 14.3 Å². The molecule has 1 saturated heterocycles. The lowest BCUT2D eigenvalue weighted by Gasteiger charge is -2.34. The van der Waals surface area contributed by atoms with E-state index in [9.17, 15) is 4.79 Å². The van der Waals surface area contributed by atoms with E-state index in [2.05, 4.69) is 46.6 Å². The van der Waals surface area contributed by atoms with Crippen LogP contribution in [0.25, 0.3) is 0 Å². The molecular weight excluding hydrogens is 392 g/mol. The van der Waals surface area contributed by atoms with Crippen molar-refractivity contribution in [3.63, 3.8) is 0 Å². The molecular formula is C25H44O4Si. The molecule has 30 heavy (non-hydrogen) atoms. The molecule has 1 unspecified atom stereocenters. The summed E-state index contributed by atoms with van der Waals surface area (Å²) in [6.45, 7) is 22.7. The zero-order valence-electron chi connectivity index (χ0n) is 20.4. The molecule has 0 amide bonds. The van der Waals surface area contributed by atoms with Crippen molar-refractivity contribution in [2.24, 2.45) is 5.41 Å². The average Bonchev–Trinajstić information content (AvgIpc) is 3.06. The van der Waals surface area contributed by atoms with Crippen molar-refractivity contribution < 1.29 is 18.7 Å². The molecule has 1 heterocycles. The van der Waals surface area contributed by atoms with Gasteiger partial charge in [-0.1, -0.05) is 33.9 Å². The van der Waals surface area contributed by atoms with Crippen LogP contribution in [-0.2, 0) is 18.7 Å². The molecule has 1 fully saturated rings. The molecule has 0 spiro atoms. The zero-order chi connectivity index (χ0) is 22.9. The third kappa shape index (κ3) is 8.18.